The lowest BCUT2D eigenvalue weighted by Gasteiger charge is -2.61. The van der Waals surface area contributed by atoms with E-state index in [0.29, 0.717) is 16.9 Å². The van der Waals surface area contributed by atoms with Gasteiger partial charge in [-0.15, -0.1) is 0 Å². The minimum absolute atomic E-state index is 0.0228. The first kappa shape index (κ1) is 19.0. The summed E-state index contributed by atoms with van der Waals surface area (Å²) in [6.45, 7) is 11.9. The monoisotopic (exact) mass is 359 g/mol. The van der Waals surface area contributed by atoms with Crippen molar-refractivity contribution in [1.29, 1.82) is 0 Å². The van der Waals surface area contributed by atoms with Crippen LogP contribution in [0.3, 0.4) is 0 Å². The Labute approximate surface area is 161 Å². The van der Waals surface area contributed by atoms with Gasteiger partial charge in [0.1, 0.15) is 0 Å². The standard InChI is InChI=1S/C24H41NO/c1-15(2)25-16(3)20-8-9-21-19-7-6-17-14-18(26)10-12-23(17,4)22(19)11-13-24(20,21)5/h16-22,26H,6-14H2,1-5H3/t16?,17?,18?,19-,20+,21-,22-,23-,24+/m0/s1. The van der Waals surface area contributed by atoms with Gasteiger partial charge in [-0.1, -0.05) is 13.8 Å². The van der Waals surface area contributed by atoms with Crippen molar-refractivity contribution in [2.24, 2.45) is 45.4 Å². The van der Waals surface area contributed by atoms with Gasteiger partial charge in [0.2, 0.25) is 0 Å². The zero-order valence-corrected chi connectivity index (χ0v) is 17.8. The van der Waals surface area contributed by atoms with E-state index in [1.807, 2.05) is 0 Å². The molecule has 0 aliphatic heterocycles. The van der Waals surface area contributed by atoms with Crippen molar-refractivity contribution >= 4 is 5.71 Å². The molecule has 26 heavy (non-hydrogen) atoms. The molecule has 4 saturated carbocycles. The Morgan fingerprint density at radius 1 is 0.923 bits per heavy atom. The first-order chi connectivity index (χ1) is 12.3. The molecule has 4 fully saturated rings. The summed E-state index contributed by atoms with van der Waals surface area (Å²) >= 11 is 0. The van der Waals surface area contributed by atoms with Crippen molar-refractivity contribution in [1.82, 2.24) is 0 Å². The van der Waals surface area contributed by atoms with E-state index in [9.17, 15) is 5.11 Å². The van der Waals surface area contributed by atoms with Crippen molar-refractivity contribution in [3.05, 3.63) is 0 Å². The van der Waals surface area contributed by atoms with Crippen molar-refractivity contribution in [3.63, 3.8) is 0 Å². The Balaban J connectivity index is 1.57. The van der Waals surface area contributed by atoms with Crippen molar-refractivity contribution in [2.45, 2.75) is 105 Å². The Morgan fingerprint density at radius 2 is 1.62 bits per heavy atom. The summed E-state index contributed by atoms with van der Waals surface area (Å²) in [5.74, 6) is 4.33. The lowest BCUT2D eigenvalue weighted by molar-refractivity contribution is -0.127. The van der Waals surface area contributed by atoms with Crippen LogP contribution in [-0.4, -0.2) is 23.0 Å². The normalized spacial score (nSPS) is 51.8. The fourth-order valence-corrected chi connectivity index (χ4v) is 8.57. The molecule has 0 amide bonds. The van der Waals surface area contributed by atoms with Gasteiger partial charge in [-0.05, 0) is 119 Å². The minimum atomic E-state index is -0.0228. The van der Waals surface area contributed by atoms with Gasteiger partial charge >= 0.3 is 0 Å². The first-order valence-corrected chi connectivity index (χ1v) is 11.4. The summed E-state index contributed by atoms with van der Waals surface area (Å²) in [5, 5.41) is 10.2. The van der Waals surface area contributed by atoms with Crippen LogP contribution < -0.4 is 0 Å². The largest absolute Gasteiger partial charge is 0.393 e. The van der Waals surface area contributed by atoms with Crippen molar-refractivity contribution in [2.75, 3.05) is 0 Å². The van der Waals surface area contributed by atoms with Gasteiger partial charge in [0.25, 0.3) is 0 Å². The van der Waals surface area contributed by atoms with Gasteiger partial charge in [0.15, 0.2) is 0 Å². The predicted octanol–water partition coefficient (Wildman–Crippen LogP) is 5.88. The molecule has 0 aromatic carbocycles. The summed E-state index contributed by atoms with van der Waals surface area (Å²) in [7, 11) is 0. The third-order valence-corrected chi connectivity index (χ3v) is 9.76. The molecule has 1 N–H and O–H groups in total. The molecule has 3 unspecified atom stereocenters. The number of fused-ring (bicyclic) bond motifs is 5. The third-order valence-electron chi connectivity index (χ3n) is 9.76. The highest BCUT2D eigenvalue weighted by Crippen LogP contribution is 2.67. The highest BCUT2D eigenvalue weighted by Gasteiger charge is 2.60. The van der Waals surface area contributed by atoms with Crippen molar-refractivity contribution in [3.8, 4) is 0 Å². The van der Waals surface area contributed by atoms with Crippen molar-refractivity contribution < 1.29 is 5.11 Å². The van der Waals surface area contributed by atoms with Crippen LogP contribution in [0.15, 0.2) is 4.99 Å². The SMILES string of the molecule is CC(C)=NC(C)[C@H]1CC[C@H]2[C@@H]3CCC4CC(O)CC[C@]4(C)[C@H]3CC[C@]12C. The highest BCUT2D eigenvalue weighted by atomic mass is 16.3. The Bertz CT molecular complexity index is 567. The second kappa shape index (κ2) is 6.61. The maximum absolute atomic E-state index is 10.2. The van der Waals surface area contributed by atoms with Crippen LogP contribution in [0.5, 0.6) is 0 Å². The summed E-state index contributed by atoms with van der Waals surface area (Å²) in [6, 6.07) is 0.489. The Morgan fingerprint density at radius 3 is 2.35 bits per heavy atom. The number of aliphatic hydroxyl groups is 1. The number of aliphatic hydroxyl groups excluding tert-OH is 1. The maximum atomic E-state index is 10.2. The molecule has 0 bridgehead atoms. The molecule has 0 spiro atoms. The molecule has 148 valence electrons. The smallest absolute Gasteiger partial charge is 0.0543 e. The summed E-state index contributed by atoms with van der Waals surface area (Å²) in [4.78, 5) is 4.98. The van der Waals surface area contributed by atoms with Crippen LogP contribution in [0.2, 0.25) is 0 Å². The third kappa shape index (κ3) is 2.81. The van der Waals surface area contributed by atoms with Gasteiger partial charge in [0, 0.05) is 5.71 Å². The molecule has 2 nitrogen and oxygen atoms in total. The number of aliphatic imine (C=N–C) groups is 1. The molecule has 4 aliphatic carbocycles. The molecule has 9 atom stereocenters. The summed E-state index contributed by atoms with van der Waals surface area (Å²) in [5.41, 5.74) is 2.26. The van der Waals surface area contributed by atoms with Gasteiger partial charge < -0.3 is 5.11 Å². The van der Waals surface area contributed by atoms with Gasteiger partial charge in [-0.2, -0.15) is 0 Å². The zero-order chi connectivity index (χ0) is 18.7. The molecule has 2 heteroatoms. The van der Waals surface area contributed by atoms with Gasteiger partial charge in [-0.25, -0.2) is 0 Å². The van der Waals surface area contributed by atoms with E-state index in [1.54, 1.807) is 0 Å². The van der Waals surface area contributed by atoms with E-state index in [-0.39, 0.29) is 6.10 Å². The van der Waals surface area contributed by atoms with Gasteiger partial charge in [0.05, 0.1) is 12.1 Å². The minimum Gasteiger partial charge on any atom is -0.393 e. The van der Waals surface area contributed by atoms with E-state index >= 15 is 0 Å². The first-order valence-electron chi connectivity index (χ1n) is 11.4. The molecule has 4 rings (SSSR count). The predicted molar refractivity (Wildman–Crippen MR) is 109 cm³/mol. The number of hydrogen-bond donors (Lipinski definition) is 1. The van der Waals surface area contributed by atoms with Crippen LogP contribution in [0.25, 0.3) is 0 Å². The average molecular weight is 360 g/mol. The maximum Gasteiger partial charge on any atom is 0.0543 e. The Kier molecular flexibility index (Phi) is 4.82. The molecule has 0 radical (unpaired) electrons. The van der Waals surface area contributed by atoms with Crippen LogP contribution in [-0.2, 0) is 0 Å². The van der Waals surface area contributed by atoms with Crippen LogP contribution in [0.1, 0.15) is 92.4 Å². The fourth-order valence-electron chi connectivity index (χ4n) is 8.57. The fraction of sp³-hybridized carbons (Fsp3) is 0.958. The number of rotatable bonds is 2. The van der Waals surface area contributed by atoms with E-state index in [0.717, 1.165) is 42.4 Å². The second-order valence-corrected chi connectivity index (χ2v) is 11.1. The zero-order valence-electron chi connectivity index (χ0n) is 17.8. The highest BCUT2D eigenvalue weighted by molar-refractivity contribution is 5.79. The molecule has 4 aliphatic rings. The molecule has 0 heterocycles. The molecule has 0 aromatic heterocycles. The van der Waals surface area contributed by atoms with E-state index < -0.39 is 0 Å². The molecular weight excluding hydrogens is 318 g/mol. The van der Waals surface area contributed by atoms with Crippen LogP contribution in [0.4, 0.5) is 0 Å². The molecule has 0 saturated heterocycles. The van der Waals surface area contributed by atoms with Gasteiger partial charge in [-0.3, -0.25) is 4.99 Å². The molecular formula is C24H41NO. The number of hydrogen-bond acceptors (Lipinski definition) is 2. The summed E-state index contributed by atoms with van der Waals surface area (Å²) in [6.07, 6.45) is 11.8. The quantitative estimate of drug-likeness (QED) is 0.614. The topological polar surface area (TPSA) is 32.6 Å². The van der Waals surface area contributed by atoms with E-state index in [1.165, 1.54) is 50.7 Å². The van der Waals surface area contributed by atoms with E-state index in [4.69, 9.17) is 4.99 Å². The van der Waals surface area contributed by atoms with Crippen LogP contribution >= 0.6 is 0 Å². The average Bonchev–Trinajstić information content (AvgIpc) is 2.92. The lowest BCUT2D eigenvalue weighted by Crippen LogP contribution is -2.54. The lowest BCUT2D eigenvalue weighted by atomic mass is 9.44. The van der Waals surface area contributed by atoms with Crippen LogP contribution in [0, 0.1) is 40.4 Å². The number of nitrogens with zero attached hydrogens (tertiary/aromatic N) is 1. The Hall–Kier alpha value is -0.370. The summed E-state index contributed by atoms with van der Waals surface area (Å²) < 4.78 is 0. The second-order valence-electron chi connectivity index (χ2n) is 11.1. The molecule has 0 aromatic rings. The van der Waals surface area contributed by atoms with E-state index in [2.05, 4.69) is 34.6 Å².